The van der Waals surface area contributed by atoms with Crippen molar-refractivity contribution in [2.75, 3.05) is 17.4 Å². The fourth-order valence-electron chi connectivity index (χ4n) is 2.49. The van der Waals surface area contributed by atoms with Crippen LogP contribution < -0.4 is 16.2 Å². The number of nitrogens with two attached hydrogens (primary N) is 1. The van der Waals surface area contributed by atoms with Crippen molar-refractivity contribution in [3.8, 4) is 0 Å². The highest BCUT2D eigenvalue weighted by molar-refractivity contribution is 5.64. The number of benzene rings is 1. The molecule has 6 nitrogen and oxygen atoms in total. The smallest absolute Gasteiger partial charge is 0.273 e. The van der Waals surface area contributed by atoms with Gasteiger partial charge >= 0.3 is 0 Å². The minimum atomic E-state index is -0.396. The summed E-state index contributed by atoms with van der Waals surface area (Å²) in [4.78, 5) is 12.6. The van der Waals surface area contributed by atoms with E-state index >= 15 is 0 Å². The van der Waals surface area contributed by atoms with Crippen LogP contribution in [-0.4, -0.2) is 18.0 Å². The number of nitrogen functional groups attached to an aromatic ring is 1. The zero-order valence-corrected chi connectivity index (χ0v) is 10.4. The summed E-state index contributed by atoms with van der Waals surface area (Å²) in [6.45, 7) is 0. The summed E-state index contributed by atoms with van der Waals surface area (Å²) in [7, 11) is 1.98. The van der Waals surface area contributed by atoms with Gasteiger partial charge in [0.25, 0.3) is 5.69 Å². The van der Waals surface area contributed by atoms with E-state index in [0.717, 1.165) is 18.5 Å². The largest absolute Gasteiger partial charge is 0.371 e. The first-order valence-corrected chi connectivity index (χ1v) is 6.10. The second kappa shape index (κ2) is 5.22. The molecule has 2 rings (SSSR count). The molecule has 1 aliphatic rings. The third-order valence-electron chi connectivity index (χ3n) is 3.56. The minimum absolute atomic E-state index is 0.0605. The maximum atomic E-state index is 10.9. The van der Waals surface area contributed by atoms with Gasteiger partial charge in [-0.3, -0.25) is 16.0 Å². The molecular formula is C12H18N4O2. The monoisotopic (exact) mass is 250 g/mol. The van der Waals surface area contributed by atoms with Crippen LogP contribution in [0, 0.1) is 10.1 Å². The molecule has 0 unspecified atom stereocenters. The molecule has 0 aromatic heterocycles. The van der Waals surface area contributed by atoms with Crippen molar-refractivity contribution in [1.82, 2.24) is 0 Å². The molecule has 18 heavy (non-hydrogen) atoms. The average molecular weight is 250 g/mol. The Kier molecular flexibility index (Phi) is 3.66. The summed E-state index contributed by atoms with van der Waals surface area (Å²) in [5.74, 6) is 5.35. The summed E-state index contributed by atoms with van der Waals surface area (Å²) in [6, 6.07) is 5.34. The number of non-ortho nitro benzene ring substituents is 1. The first kappa shape index (κ1) is 12.6. The van der Waals surface area contributed by atoms with E-state index in [9.17, 15) is 10.1 Å². The van der Waals surface area contributed by atoms with Crippen molar-refractivity contribution < 1.29 is 4.92 Å². The van der Waals surface area contributed by atoms with E-state index in [1.807, 2.05) is 13.1 Å². The van der Waals surface area contributed by atoms with Crippen LogP contribution in [0.15, 0.2) is 18.2 Å². The number of rotatable bonds is 4. The van der Waals surface area contributed by atoms with Gasteiger partial charge in [-0.05, 0) is 18.9 Å². The molecule has 1 aromatic carbocycles. The van der Waals surface area contributed by atoms with E-state index < -0.39 is 4.92 Å². The topological polar surface area (TPSA) is 84.4 Å². The van der Waals surface area contributed by atoms with Crippen LogP contribution in [0.3, 0.4) is 0 Å². The average Bonchev–Trinajstić information content (AvgIpc) is 2.91. The zero-order chi connectivity index (χ0) is 13.1. The van der Waals surface area contributed by atoms with Gasteiger partial charge in [0.2, 0.25) is 0 Å². The van der Waals surface area contributed by atoms with Gasteiger partial charge in [0.05, 0.1) is 10.6 Å². The van der Waals surface area contributed by atoms with Crippen LogP contribution in [0.25, 0.3) is 0 Å². The number of nitrogens with one attached hydrogen (secondary N) is 1. The van der Waals surface area contributed by atoms with Gasteiger partial charge in [-0.25, -0.2) is 0 Å². The van der Waals surface area contributed by atoms with E-state index in [1.54, 1.807) is 6.07 Å². The Morgan fingerprint density at radius 3 is 2.61 bits per heavy atom. The Morgan fingerprint density at radius 1 is 1.39 bits per heavy atom. The summed E-state index contributed by atoms with van der Waals surface area (Å²) in [6.07, 6.45) is 4.74. The van der Waals surface area contributed by atoms with Gasteiger partial charge < -0.3 is 10.3 Å². The summed E-state index contributed by atoms with van der Waals surface area (Å²) < 4.78 is 0. The first-order chi connectivity index (χ1) is 8.61. The molecule has 1 aliphatic carbocycles. The Morgan fingerprint density at radius 2 is 2.06 bits per heavy atom. The van der Waals surface area contributed by atoms with Crippen molar-refractivity contribution in [3.05, 3.63) is 28.3 Å². The molecule has 6 heteroatoms. The van der Waals surface area contributed by atoms with Crippen LogP contribution in [-0.2, 0) is 0 Å². The summed E-state index contributed by atoms with van der Waals surface area (Å²) >= 11 is 0. The number of nitrogens with zero attached hydrogens (tertiary/aromatic N) is 2. The predicted octanol–water partition coefficient (Wildman–Crippen LogP) is 2.26. The van der Waals surface area contributed by atoms with Crippen LogP contribution in [0.1, 0.15) is 25.7 Å². The van der Waals surface area contributed by atoms with Crippen molar-refractivity contribution >= 4 is 17.1 Å². The Hall–Kier alpha value is -1.82. The van der Waals surface area contributed by atoms with Crippen molar-refractivity contribution in [1.29, 1.82) is 0 Å². The fourth-order valence-corrected chi connectivity index (χ4v) is 2.49. The molecule has 98 valence electrons. The SMILES string of the molecule is CN(c1cc(NN)cc([N+](=O)[O-])c1)C1CCCC1. The molecule has 0 radical (unpaired) electrons. The Balaban J connectivity index is 2.30. The van der Waals surface area contributed by atoms with Crippen LogP contribution in [0.2, 0.25) is 0 Å². The lowest BCUT2D eigenvalue weighted by atomic mass is 10.1. The minimum Gasteiger partial charge on any atom is -0.371 e. The third-order valence-corrected chi connectivity index (χ3v) is 3.56. The maximum absolute atomic E-state index is 10.9. The predicted molar refractivity (Wildman–Crippen MR) is 71.6 cm³/mol. The van der Waals surface area contributed by atoms with E-state index in [1.165, 1.54) is 18.9 Å². The number of hydrazine groups is 1. The van der Waals surface area contributed by atoms with Gasteiger partial charge in [0.1, 0.15) is 0 Å². The third kappa shape index (κ3) is 2.53. The molecule has 0 saturated heterocycles. The Labute approximate surface area is 106 Å². The van der Waals surface area contributed by atoms with Crippen LogP contribution >= 0.6 is 0 Å². The lowest BCUT2D eigenvalue weighted by molar-refractivity contribution is -0.384. The van der Waals surface area contributed by atoms with Crippen molar-refractivity contribution in [2.24, 2.45) is 5.84 Å². The summed E-state index contributed by atoms with van der Waals surface area (Å²) in [5, 5.41) is 10.9. The number of nitro groups is 1. The molecule has 1 saturated carbocycles. The quantitative estimate of drug-likeness (QED) is 0.486. The second-order valence-electron chi connectivity index (χ2n) is 4.69. The van der Waals surface area contributed by atoms with Gasteiger partial charge in [0.15, 0.2) is 0 Å². The molecule has 0 atom stereocenters. The van der Waals surface area contributed by atoms with E-state index in [0.29, 0.717) is 11.7 Å². The lowest BCUT2D eigenvalue weighted by Crippen LogP contribution is -2.28. The number of hydrogen-bond donors (Lipinski definition) is 2. The standard InChI is InChI=1S/C12H18N4O2/c1-15(10-4-2-3-5-10)11-6-9(14-13)7-12(8-11)16(17)18/h6-8,10,14H,2-5,13H2,1H3. The number of nitro benzene ring substituents is 1. The molecule has 0 spiro atoms. The normalized spacial score (nSPS) is 15.7. The molecular weight excluding hydrogens is 232 g/mol. The van der Waals surface area contributed by atoms with Gasteiger partial charge in [0, 0.05) is 30.9 Å². The van der Waals surface area contributed by atoms with Crippen LogP contribution in [0.4, 0.5) is 17.1 Å². The molecule has 0 amide bonds. The highest BCUT2D eigenvalue weighted by Gasteiger charge is 2.21. The highest BCUT2D eigenvalue weighted by Crippen LogP contribution is 2.31. The maximum Gasteiger partial charge on any atom is 0.273 e. The fraction of sp³-hybridized carbons (Fsp3) is 0.500. The van der Waals surface area contributed by atoms with Crippen LogP contribution in [0.5, 0.6) is 0 Å². The van der Waals surface area contributed by atoms with Crippen molar-refractivity contribution in [3.63, 3.8) is 0 Å². The molecule has 3 N–H and O–H groups in total. The van der Waals surface area contributed by atoms with E-state index in [4.69, 9.17) is 5.84 Å². The summed E-state index contributed by atoms with van der Waals surface area (Å²) in [5.41, 5.74) is 3.93. The number of hydrogen-bond acceptors (Lipinski definition) is 5. The molecule has 1 fully saturated rings. The molecule has 0 heterocycles. The molecule has 1 aromatic rings. The number of anilines is 2. The first-order valence-electron chi connectivity index (χ1n) is 6.10. The van der Waals surface area contributed by atoms with Gasteiger partial charge in [-0.15, -0.1) is 0 Å². The van der Waals surface area contributed by atoms with Gasteiger partial charge in [-0.1, -0.05) is 12.8 Å². The van der Waals surface area contributed by atoms with Gasteiger partial charge in [-0.2, -0.15) is 0 Å². The van der Waals surface area contributed by atoms with Crippen molar-refractivity contribution in [2.45, 2.75) is 31.7 Å². The highest BCUT2D eigenvalue weighted by atomic mass is 16.6. The lowest BCUT2D eigenvalue weighted by Gasteiger charge is -2.26. The Bertz CT molecular complexity index is 444. The van der Waals surface area contributed by atoms with E-state index in [-0.39, 0.29) is 5.69 Å². The second-order valence-corrected chi connectivity index (χ2v) is 4.69. The molecule has 0 bridgehead atoms. The van der Waals surface area contributed by atoms with E-state index in [2.05, 4.69) is 10.3 Å². The zero-order valence-electron chi connectivity index (χ0n) is 10.4. The molecule has 0 aliphatic heterocycles.